The van der Waals surface area contributed by atoms with Crippen LogP contribution < -0.4 is 5.73 Å². The number of ether oxygens (including phenoxy) is 1. The number of rotatable bonds is 4. The van der Waals surface area contributed by atoms with Gasteiger partial charge in [-0.15, -0.1) is 0 Å². The zero-order valence-corrected chi connectivity index (χ0v) is 11.6. The lowest BCUT2D eigenvalue weighted by Gasteiger charge is -2.27. The molecule has 1 aliphatic heterocycles. The van der Waals surface area contributed by atoms with E-state index in [0.717, 1.165) is 13.0 Å². The predicted molar refractivity (Wildman–Crippen MR) is 74.8 cm³/mol. The van der Waals surface area contributed by atoms with Crippen LogP contribution in [0.2, 0.25) is 0 Å². The number of hydrogen-bond acceptors (Lipinski definition) is 3. The highest BCUT2D eigenvalue weighted by Crippen LogP contribution is 2.33. The van der Waals surface area contributed by atoms with Crippen molar-refractivity contribution < 1.29 is 9.53 Å². The number of carbonyl (C=O) groups is 1. The largest absolute Gasteiger partial charge is 0.383 e. The van der Waals surface area contributed by atoms with Gasteiger partial charge < -0.3 is 15.4 Å². The molecule has 2 rings (SSSR count). The number of hydrogen-bond donors (Lipinski definition) is 1. The van der Waals surface area contributed by atoms with Gasteiger partial charge in [0.2, 0.25) is 5.91 Å². The Morgan fingerprint density at radius 3 is 2.79 bits per heavy atom. The van der Waals surface area contributed by atoms with E-state index in [1.807, 2.05) is 23.1 Å². The van der Waals surface area contributed by atoms with Crippen molar-refractivity contribution in [2.75, 3.05) is 20.3 Å². The molecule has 1 heterocycles. The first-order chi connectivity index (χ1) is 9.15. The Morgan fingerprint density at radius 1 is 1.47 bits per heavy atom. The van der Waals surface area contributed by atoms with Gasteiger partial charge in [0.05, 0.1) is 6.61 Å². The summed E-state index contributed by atoms with van der Waals surface area (Å²) in [6.07, 6.45) is 0.997. The van der Waals surface area contributed by atoms with E-state index in [4.69, 9.17) is 10.5 Å². The average Bonchev–Trinajstić information content (AvgIpc) is 2.81. The summed E-state index contributed by atoms with van der Waals surface area (Å²) in [5, 5.41) is 0. The second kappa shape index (κ2) is 6.17. The monoisotopic (exact) mass is 262 g/mol. The standard InChI is InChI=1S/C15H22N2O2/c1-11-13(12-6-4-3-5-7-12)8-9-17(11)15(18)14(16)10-19-2/h3-7,11,13-14H,8-10,16H2,1-2H3. The van der Waals surface area contributed by atoms with Crippen LogP contribution in [0.3, 0.4) is 0 Å². The van der Waals surface area contributed by atoms with Gasteiger partial charge in [0, 0.05) is 25.6 Å². The molecule has 0 radical (unpaired) electrons. The van der Waals surface area contributed by atoms with Crippen LogP contribution in [0.25, 0.3) is 0 Å². The molecule has 1 fully saturated rings. The van der Waals surface area contributed by atoms with Gasteiger partial charge in [-0.1, -0.05) is 30.3 Å². The lowest BCUT2D eigenvalue weighted by molar-refractivity contribution is -0.134. The fourth-order valence-electron chi connectivity index (χ4n) is 2.86. The van der Waals surface area contributed by atoms with Gasteiger partial charge in [0.25, 0.3) is 0 Å². The van der Waals surface area contributed by atoms with Crippen molar-refractivity contribution in [1.82, 2.24) is 4.90 Å². The maximum absolute atomic E-state index is 12.2. The molecule has 1 saturated heterocycles. The SMILES string of the molecule is COCC(N)C(=O)N1CCC(c2ccccc2)C1C. The van der Waals surface area contributed by atoms with E-state index in [0.29, 0.717) is 5.92 Å². The van der Waals surface area contributed by atoms with E-state index in [1.165, 1.54) is 5.56 Å². The second-order valence-corrected chi connectivity index (χ2v) is 5.14. The van der Waals surface area contributed by atoms with Crippen LogP contribution >= 0.6 is 0 Å². The summed E-state index contributed by atoms with van der Waals surface area (Å²) in [5.74, 6) is 0.396. The molecule has 1 aliphatic rings. The Labute approximate surface area is 114 Å². The second-order valence-electron chi connectivity index (χ2n) is 5.14. The lowest BCUT2D eigenvalue weighted by Crippen LogP contribution is -2.47. The highest BCUT2D eigenvalue weighted by atomic mass is 16.5. The predicted octanol–water partition coefficient (Wildman–Crippen LogP) is 1.36. The zero-order chi connectivity index (χ0) is 13.8. The summed E-state index contributed by atoms with van der Waals surface area (Å²) >= 11 is 0. The molecule has 0 bridgehead atoms. The number of likely N-dealkylation sites (tertiary alicyclic amines) is 1. The Hall–Kier alpha value is -1.39. The summed E-state index contributed by atoms with van der Waals surface area (Å²) in [5.41, 5.74) is 7.13. The molecule has 4 heteroatoms. The molecular weight excluding hydrogens is 240 g/mol. The molecule has 3 atom stereocenters. The smallest absolute Gasteiger partial charge is 0.242 e. The third-order valence-corrected chi connectivity index (χ3v) is 3.93. The molecule has 3 unspecified atom stereocenters. The van der Waals surface area contributed by atoms with Crippen LogP contribution in [-0.2, 0) is 9.53 Å². The molecule has 104 valence electrons. The van der Waals surface area contributed by atoms with Crippen molar-refractivity contribution >= 4 is 5.91 Å². The van der Waals surface area contributed by atoms with Gasteiger partial charge in [0.1, 0.15) is 6.04 Å². The van der Waals surface area contributed by atoms with Gasteiger partial charge in [-0.25, -0.2) is 0 Å². The molecule has 1 amide bonds. The van der Waals surface area contributed by atoms with Crippen LogP contribution in [-0.4, -0.2) is 43.2 Å². The molecule has 2 N–H and O–H groups in total. The van der Waals surface area contributed by atoms with Crippen molar-refractivity contribution in [2.45, 2.75) is 31.3 Å². The Morgan fingerprint density at radius 2 is 2.16 bits per heavy atom. The van der Waals surface area contributed by atoms with Gasteiger partial charge in [-0.05, 0) is 18.9 Å². The van der Waals surface area contributed by atoms with Crippen LogP contribution in [0.1, 0.15) is 24.8 Å². The molecule has 0 aliphatic carbocycles. The van der Waals surface area contributed by atoms with Crippen molar-refractivity contribution in [1.29, 1.82) is 0 Å². The normalized spacial score (nSPS) is 24.5. The third-order valence-electron chi connectivity index (χ3n) is 3.93. The van der Waals surface area contributed by atoms with Gasteiger partial charge in [-0.3, -0.25) is 4.79 Å². The first-order valence-electron chi connectivity index (χ1n) is 6.75. The molecule has 0 saturated carbocycles. The van der Waals surface area contributed by atoms with E-state index in [-0.39, 0.29) is 18.6 Å². The Bertz CT molecular complexity index is 421. The number of methoxy groups -OCH3 is 1. The van der Waals surface area contributed by atoms with Crippen LogP contribution in [0, 0.1) is 0 Å². The van der Waals surface area contributed by atoms with Crippen molar-refractivity contribution in [3.8, 4) is 0 Å². The van der Waals surface area contributed by atoms with Gasteiger partial charge in [-0.2, -0.15) is 0 Å². The number of amides is 1. The van der Waals surface area contributed by atoms with E-state index in [9.17, 15) is 4.79 Å². The molecule has 0 spiro atoms. The zero-order valence-electron chi connectivity index (χ0n) is 11.6. The van der Waals surface area contributed by atoms with E-state index in [1.54, 1.807) is 7.11 Å². The van der Waals surface area contributed by atoms with E-state index < -0.39 is 6.04 Å². The lowest BCUT2D eigenvalue weighted by atomic mass is 9.93. The summed E-state index contributed by atoms with van der Waals surface area (Å²) in [6.45, 7) is 3.15. The average molecular weight is 262 g/mol. The summed E-state index contributed by atoms with van der Waals surface area (Å²) in [7, 11) is 1.56. The van der Waals surface area contributed by atoms with E-state index >= 15 is 0 Å². The number of carbonyl (C=O) groups excluding carboxylic acids is 1. The molecule has 19 heavy (non-hydrogen) atoms. The van der Waals surface area contributed by atoms with Crippen molar-refractivity contribution in [3.05, 3.63) is 35.9 Å². The first-order valence-corrected chi connectivity index (χ1v) is 6.75. The van der Waals surface area contributed by atoms with Gasteiger partial charge in [0.15, 0.2) is 0 Å². The molecular formula is C15H22N2O2. The Kier molecular flexibility index (Phi) is 4.56. The fourth-order valence-corrected chi connectivity index (χ4v) is 2.86. The highest BCUT2D eigenvalue weighted by Gasteiger charge is 2.36. The minimum Gasteiger partial charge on any atom is -0.383 e. The molecule has 4 nitrogen and oxygen atoms in total. The topological polar surface area (TPSA) is 55.6 Å². The number of nitrogens with two attached hydrogens (primary N) is 1. The minimum atomic E-state index is -0.554. The summed E-state index contributed by atoms with van der Waals surface area (Å²) in [6, 6.07) is 10.0. The van der Waals surface area contributed by atoms with Crippen molar-refractivity contribution in [3.63, 3.8) is 0 Å². The molecule has 1 aromatic carbocycles. The number of nitrogens with zero attached hydrogens (tertiary/aromatic N) is 1. The van der Waals surface area contributed by atoms with Crippen molar-refractivity contribution in [2.24, 2.45) is 5.73 Å². The first kappa shape index (κ1) is 14.0. The van der Waals surface area contributed by atoms with Crippen LogP contribution in [0.15, 0.2) is 30.3 Å². The van der Waals surface area contributed by atoms with Crippen LogP contribution in [0.5, 0.6) is 0 Å². The van der Waals surface area contributed by atoms with Crippen LogP contribution in [0.4, 0.5) is 0 Å². The maximum Gasteiger partial charge on any atom is 0.242 e. The van der Waals surface area contributed by atoms with Gasteiger partial charge >= 0.3 is 0 Å². The molecule has 1 aromatic rings. The Balaban J connectivity index is 2.06. The number of benzene rings is 1. The third kappa shape index (κ3) is 2.96. The summed E-state index contributed by atoms with van der Waals surface area (Å²) in [4.78, 5) is 14.1. The molecule has 0 aromatic heterocycles. The summed E-state index contributed by atoms with van der Waals surface area (Å²) < 4.78 is 4.96. The fraction of sp³-hybridized carbons (Fsp3) is 0.533. The quantitative estimate of drug-likeness (QED) is 0.891. The maximum atomic E-state index is 12.2. The van der Waals surface area contributed by atoms with E-state index in [2.05, 4.69) is 19.1 Å². The minimum absolute atomic E-state index is 0.00668. The highest BCUT2D eigenvalue weighted by molar-refractivity contribution is 5.82.